The molecule has 0 spiro atoms. The number of morpholine rings is 1. The second kappa shape index (κ2) is 10.1. The van der Waals surface area contributed by atoms with Crippen LogP contribution in [0.2, 0.25) is 0 Å². The van der Waals surface area contributed by atoms with Crippen molar-refractivity contribution < 1.29 is 4.74 Å². The molecule has 96 valence electrons. The highest BCUT2D eigenvalue weighted by atomic mass is 127. The van der Waals surface area contributed by atoms with Gasteiger partial charge in [-0.05, 0) is 13.3 Å². The molecule has 16 heavy (non-hydrogen) atoms. The first-order chi connectivity index (χ1) is 7.33. The first kappa shape index (κ1) is 15.9. The Kier molecular flexibility index (Phi) is 10.0. The van der Waals surface area contributed by atoms with E-state index in [1.54, 1.807) is 0 Å². The average molecular weight is 342 g/mol. The molecule has 0 amide bonds. The molecule has 0 aromatic carbocycles. The van der Waals surface area contributed by atoms with Gasteiger partial charge in [-0.2, -0.15) is 0 Å². The lowest BCUT2D eigenvalue weighted by Crippen LogP contribution is -2.37. The molecular weight excluding hydrogens is 319 g/mol. The maximum Gasteiger partial charge on any atom is 0.188 e. The van der Waals surface area contributed by atoms with E-state index in [1.165, 1.54) is 0 Å². The number of ether oxygens (including phenoxy) is 1. The zero-order valence-corrected chi connectivity index (χ0v) is 12.3. The van der Waals surface area contributed by atoms with E-state index < -0.39 is 0 Å². The maximum atomic E-state index is 5.61. The van der Waals surface area contributed by atoms with Crippen LogP contribution >= 0.6 is 24.0 Å². The van der Waals surface area contributed by atoms with Gasteiger partial charge in [0.15, 0.2) is 5.96 Å². The van der Waals surface area contributed by atoms with Crippen LogP contribution in [0.5, 0.6) is 0 Å². The van der Waals surface area contributed by atoms with E-state index in [4.69, 9.17) is 10.5 Å². The minimum absolute atomic E-state index is 0. The zero-order valence-electron chi connectivity index (χ0n) is 9.95. The number of nitrogens with two attached hydrogens (primary N) is 1. The van der Waals surface area contributed by atoms with Gasteiger partial charge in [-0.25, -0.2) is 0 Å². The van der Waals surface area contributed by atoms with Gasteiger partial charge in [0.2, 0.25) is 0 Å². The predicted molar refractivity (Wildman–Crippen MR) is 77.5 cm³/mol. The molecule has 0 saturated carbocycles. The summed E-state index contributed by atoms with van der Waals surface area (Å²) in [7, 11) is 0. The van der Waals surface area contributed by atoms with Crippen molar-refractivity contribution in [3.05, 3.63) is 0 Å². The van der Waals surface area contributed by atoms with Crippen molar-refractivity contribution >= 4 is 29.9 Å². The summed E-state index contributed by atoms with van der Waals surface area (Å²) in [5.74, 6) is 0.555. The summed E-state index contributed by atoms with van der Waals surface area (Å²) in [5.41, 5.74) is 5.61. The number of halogens is 1. The van der Waals surface area contributed by atoms with Crippen molar-refractivity contribution in [1.82, 2.24) is 10.2 Å². The summed E-state index contributed by atoms with van der Waals surface area (Å²) in [6.45, 7) is 8.56. The van der Waals surface area contributed by atoms with Gasteiger partial charge < -0.3 is 15.8 Å². The van der Waals surface area contributed by atoms with Crippen molar-refractivity contribution in [2.24, 2.45) is 10.7 Å². The first-order valence-corrected chi connectivity index (χ1v) is 5.67. The van der Waals surface area contributed by atoms with Crippen molar-refractivity contribution in [2.75, 3.05) is 45.9 Å². The standard InChI is InChI=1S/C10H22N4O.HI/c1-2-12-10(11)13-4-3-5-14-6-8-15-9-7-14;/h2-9H2,1H3,(H3,11,12,13);1H. The number of hydrogen-bond donors (Lipinski definition) is 2. The molecule has 0 atom stereocenters. The highest BCUT2D eigenvalue weighted by Crippen LogP contribution is 1.97. The molecule has 0 radical (unpaired) electrons. The van der Waals surface area contributed by atoms with E-state index in [0.29, 0.717) is 5.96 Å². The molecule has 0 aromatic rings. The third kappa shape index (κ3) is 7.24. The molecule has 5 nitrogen and oxygen atoms in total. The van der Waals surface area contributed by atoms with E-state index in [-0.39, 0.29) is 24.0 Å². The summed E-state index contributed by atoms with van der Waals surface area (Å²) in [4.78, 5) is 6.63. The van der Waals surface area contributed by atoms with Crippen LogP contribution in [0.3, 0.4) is 0 Å². The normalized spacial score (nSPS) is 17.9. The Morgan fingerprint density at radius 1 is 1.44 bits per heavy atom. The van der Waals surface area contributed by atoms with Gasteiger partial charge >= 0.3 is 0 Å². The Balaban J connectivity index is 0.00000225. The Bertz CT molecular complexity index is 195. The van der Waals surface area contributed by atoms with Crippen LogP contribution in [-0.4, -0.2) is 56.8 Å². The predicted octanol–water partition coefficient (Wildman–Crippen LogP) is 0.251. The monoisotopic (exact) mass is 342 g/mol. The Morgan fingerprint density at radius 2 is 2.12 bits per heavy atom. The van der Waals surface area contributed by atoms with E-state index in [1.807, 2.05) is 6.92 Å². The number of aliphatic imine (C=N–C) groups is 1. The number of guanidine groups is 1. The van der Waals surface area contributed by atoms with Gasteiger partial charge in [-0.3, -0.25) is 9.89 Å². The maximum absolute atomic E-state index is 5.61. The van der Waals surface area contributed by atoms with E-state index in [0.717, 1.165) is 52.4 Å². The molecule has 6 heteroatoms. The molecule has 3 N–H and O–H groups in total. The minimum atomic E-state index is 0. The quantitative estimate of drug-likeness (QED) is 0.325. The molecule has 0 aliphatic carbocycles. The lowest BCUT2D eigenvalue weighted by molar-refractivity contribution is 0.0377. The van der Waals surface area contributed by atoms with E-state index in [2.05, 4.69) is 15.2 Å². The second-order valence-electron chi connectivity index (χ2n) is 3.60. The van der Waals surface area contributed by atoms with Gasteiger partial charge in [0.1, 0.15) is 0 Å². The fourth-order valence-electron chi connectivity index (χ4n) is 1.56. The highest BCUT2D eigenvalue weighted by molar-refractivity contribution is 14.0. The van der Waals surface area contributed by atoms with Gasteiger partial charge in [0.05, 0.1) is 13.2 Å². The van der Waals surface area contributed by atoms with Crippen LogP contribution in [0, 0.1) is 0 Å². The molecule has 1 fully saturated rings. The minimum Gasteiger partial charge on any atom is -0.379 e. The zero-order chi connectivity index (χ0) is 10.9. The van der Waals surface area contributed by atoms with E-state index >= 15 is 0 Å². The van der Waals surface area contributed by atoms with Gasteiger partial charge in [0, 0.05) is 32.7 Å². The molecule has 0 bridgehead atoms. The van der Waals surface area contributed by atoms with Crippen LogP contribution in [-0.2, 0) is 4.74 Å². The molecule has 1 aliphatic rings. The van der Waals surface area contributed by atoms with Gasteiger partial charge in [-0.15, -0.1) is 24.0 Å². The summed E-state index contributed by atoms with van der Waals surface area (Å²) < 4.78 is 5.28. The second-order valence-corrected chi connectivity index (χ2v) is 3.60. The lowest BCUT2D eigenvalue weighted by Gasteiger charge is -2.26. The summed E-state index contributed by atoms with van der Waals surface area (Å²) in [5, 5.41) is 2.98. The molecule has 1 heterocycles. The van der Waals surface area contributed by atoms with Gasteiger partial charge in [-0.1, -0.05) is 0 Å². The largest absolute Gasteiger partial charge is 0.379 e. The topological polar surface area (TPSA) is 62.9 Å². The molecule has 1 rings (SSSR count). The number of hydrogen-bond acceptors (Lipinski definition) is 3. The first-order valence-electron chi connectivity index (χ1n) is 5.67. The van der Waals surface area contributed by atoms with E-state index in [9.17, 15) is 0 Å². The Labute approximate surface area is 115 Å². The molecule has 1 aliphatic heterocycles. The fraction of sp³-hybridized carbons (Fsp3) is 0.900. The van der Waals surface area contributed by atoms with Crippen LogP contribution in [0.1, 0.15) is 13.3 Å². The Morgan fingerprint density at radius 3 is 2.75 bits per heavy atom. The van der Waals surface area contributed by atoms with Crippen molar-refractivity contribution in [3.63, 3.8) is 0 Å². The van der Waals surface area contributed by atoms with Crippen LogP contribution < -0.4 is 11.1 Å². The molecule has 1 saturated heterocycles. The van der Waals surface area contributed by atoms with Crippen LogP contribution in [0.15, 0.2) is 4.99 Å². The number of nitrogens with zero attached hydrogens (tertiary/aromatic N) is 2. The molecule has 0 unspecified atom stereocenters. The SMILES string of the molecule is CCNC(N)=NCCCN1CCOCC1.I. The van der Waals surface area contributed by atoms with Crippen LogP contribution in [0.4, 0.5) is 0 Å². The van der Waals surface area contributed by atoms with Crippen molar-refractivity contribution in [1.29, 1.82) is 0 Å². The third-order valence-electron chi connectivity index (χ3n) is 2.38. The number of rotatable bonds is 5. The smallest absolute Gasteiger partial charge is 0.188 e. The summed E-state index contributed by atoms with van der Waals surface area (Å²) in [6, 6.07) is 0. The summed E-state index contributed by atoms with van der Waals surface area (Å²) in [6.07, 6.45) is 1.06. The number of nitrogens with one attached hydrogen (secondary N) is 1. The lowest BCUT2D eigenvalue weighted by atomic mass is 10.3. The average Bonchev–Trinajstić information content (AvgIpc) is 2.26. The Hall–Kier alpha value is -0.0800. The van der Waals surface area contributed by atoms with Gasteiger partial charge in [0.25, 0.3) is 0 Å². The van der Waals surface area contributed by atoms with Crippen molar-refractivity contribution in [3.8, 4) is 0 Å². The third-order valence-corrected chi connectivity index (χ3v) is 2.38. The summed E-state index contributed by atoms with van der Waals surface area (Å²) >= 11 is 0. The highest BCUT2D eigenvalue weighted by Gasteiger charge is 2.08. The van der Waals surface area contributed by atoms with Crippen molar-refractivity contribution in [2.45, 2.75) is 13.3 Å². The molecule has 0 aromatic heterocycles. The van der Waals surface area contributed by atoms with Crippen LogP contribution in [0.25, 0.3) is 0 Å². The fourth-order valence-corrected chi connectivity index (χ4v) is 1.56. The molecular formula is C10H23IN4O.